The van der Waals surface area contributed by atoms with E-state index in [1.807, 2.05) is 37.6 Å². The van der Waals surface area contributed by atoms with E-state index < -0.39 is 0 Å². The van der Waals surface area contributed by atoms with Crippen molar-refractivity contribution >= 4 is 34.0 Å². The van der Waals surface area contributed by atoms with E-state index in [-0.39, 0.29) is 17.1 Å². The first-order valence-corrected chi connectivity index (χ1v) is 14.5. The first-order chi connectivity index (χ1) is 17.6. The van der Waals surface area contributed by atoms with Gasteiger partial charge in [0.15, 0.2) is 11.0 Å². The molecule has 0 saturated heterocycles. The van der Waals surface area contributed by atoms with Crippen molar-refractivity contribution in [2.24, 2.45) is 18.4 Å². The monoisotopic (exact) mass is 537 g/mol. The highest BCUT2D eigenvalue weighted by Crippen LogP contribution is 2.45. The Labute approximate surface area is 227 Å². The molecule has 1 atom stereocenters. The molecule has 0 radical (unpaired) electrons. The molecule has 4 rings (SSSR count). The first kappa shape index (κ1) is 27.2. The lowest BCUT2D eigenvalue weighted by Crippen LogP contribution is -2.28. The number of ether oxygens (including phenoxy) is 1. The summed E-state index contributed by atoms with van der Waals surface area (Å²) < 4.78 is 7.81. The molecule has 37 heavy (non-hydrogen) atoms. The Hall–Kier alpha value is -2.83. The van der Waals surface area contributed by atoms with Crippen molar-refractivity contribution in [3.05, 3.63) is 51.2 Å². The largest absolute Gasteiger partial charge is 0.485 e. The van der Waals surface area contributed by atoms with Crippen molar-refractivity contribution in [2.45, 2.75) is 72.1 Å². The average Bonchev–Trinajstić information content (AvgIpc) is 3.41. The number of thioether (sulfide) groups is 1. The highest BCUT2D eigenvalue weighted by Gasteiger charge is 2.34. The van der Waals surface area contributed by atoms with Gasteiger partial charge in [-0.15, -0.1) is 21.5 Å². The van der Waals surface area contributed by atoms with E-state index in [4.69, 9.17) is 4.74 Å². The zero-order valence-corrected chi connectivity index (χ0v) is 24.1. The summed E-state index contributed by atoms with van der Waals surface area (Å²) in [7, 11) is 1.87. The fourth-order valence-electron chi connectivity index (χ4n) is 4.64. The second-order valence-corrected chi connectivity index (χ2v) is 12.5. The fourth-order valence-corrected chi connectivity index (χ4v) is 6.67. The number of hydrogen-bond acceptors (Lipinski definition) is 7. The van der Waals surface area contributed by atoms with E-state index in [9.17, 15) is 10.1 Å². The number of nitrogens with zero attached hydrogens (tertiary/aromatic N) is 4. The van der Waals surface area contributed by atoms with Gasteiger partial charge in [0, 0.05) is 11.9 Å². The molecule has 1 aliphatic rings. The standard InChI is InChI=1S/C28H35N5O2S2/c1-7-28(4,5)19-10-11-20-21(14-29)26(37-23(20)13-19)30-25(34)16-36-27-32-31-24(33(27)6)15-35-22-12-17(2)8-9-18(22)3/h8-9,12,19H,7,10-11,13,15-16H2,1-6H3,(H,30,34). The van der Waals surface area contributed by atoms with Crippen LogP contribution in [0, 0.1) is 36.5 Å². The zero-order chi connectivity index (χ0) is 26.7. The second-order valence-electron chi connectivity index (χ2n) is 10.5. The molecule has 0 saturated carbocycles. The van der Waals surface area contributed by atoms with Gasteiger partial charge in [0.25, 0.3) is 0 Å². The number of benzene rings is 1. The minimum atomic E-state index is -0.151. The van der Waals surface area contributed by atoms with E-state index in [2.05, 4.69) is 48.4 Å². The molecule has 2 aromatic heterocycles. The van der Waals surface area contributed by atoms with Crippen molar-refractivity contribution in [2.75, 3.05) is 11.1 Å². The predicted molar refractivity (Wildman–Crippen MR) is 149 cm³/mol. The topological polar surface area (TPSA) is 92.8 Å². The van der Waals surface area contributed by atoms with E-state index in [0.717, 1.165) is 48.1 Å². The van der Waals surface area contributed by atoms with Gasteiger partial charge in [0.2, 0.25) is 5.91 Å². The zero-order valence-electron chi connectivity index (χ0n) is 22.5. The third kappa shape index (κ3) is 6.02. The lowest BCUT2D eigenvalue weighted by Gasteiger charge is -2.36. The summed E-state index contributed by atoms with van der Waals surface area (Å²) in [4.78, 5) is 14.1. The summed E-state index contributed by atoms with van der Waals surface area (Å²) in [5, 5.41) is 22.6. The van der Waals surface area contributed by atoms with Crippen molar-refractivity contribution in [1.82, 2.24) is 14.8 Å². The first-order valence-electron chi connectivity index (χ1n) is 12.7. The summed E-state index contributed by atoms with van der Waals surface area (Å²) in [5.74, 6) is 2.14. The van der Waals surface area contributed by atoms with Crippen LogP contribution in [-0.4, -0.2) is 26.4 Å². The maximum Gasteiger partial charge on any atom is 0.235 e. The summed E-state index contributed by atoms with van der Waals surface area (Å²) >= 11 is 2.89. The van der Waals surface area contributed by atoms with Crippen LogP contribution in [-0.2, 0) is 31.3 Å². The molecule has 0 bridgehead atoms. The van der Waals surface area contributed by atoms with Crippen LogP contribution in [0.3, 0.4) is 0 Å². The maximum atomic E-state index is 12.8. The Morgan fingerprint density at radius 2 is 2.14 bits per heavy atom. The number of amides is 1. The lowest BCUT2D eigenvalue weighted by molar-refractivity contribution is -0.113. The third-order valence-electron chi connectivity index (χ3n) is 7.60. The number of nitrogens with one attached hydrogen (secondary N) is 1. The molecule has 3 aromatic rings. The van der Waals surface area contributed by atoms with Crippen LogP contribution < -0.4 is 10.1 Å². The molecule has 0 aliphatic heterocycles. The van der Waals surface area contributed by atoms with Gasteiger partial charge in [-0.3, -0.25) is 4.79 Å². The van der Waals surface area contributed by atoms with Crippen molar-refractivity contribution in [3.63, 3.8) is 0 Å². The molecular formula is C28H35N5O2S2. The van der Waals surface area contributed by atoms with E-state index >= 15 is 0 Å². The molecule has 1 aliphatic carbocycles. The van der Waals surface area contributed by atoms with E-state index in [1.165, 1.54) is 16.6 Å². The Morgan fingerprint density at radius 3 is 2.86 bits per heavy atom. The van der Waals surface area contributed by atoms with Gasteiger partial charge in [-0.05, 0) is 67.2 Å². The van der Waals surface area contributed by atoms with Crippen LogP contribution in [0.1, 0.15) is 66.6 Å². The molecule has 0 fully saturated rings. The fraction of sp³-hybridized carbons (Fsp3) is 0.500. The van der Waals surface area contributed by atoms with Gasteiger partial charge in [-0.2, -0.15) is 5.26 Å². The Morgan fingerprint density at radius 1 is 1.35 bits per heavy atom. The van der Waals surface area contributed by atoms with Crippen LogP contribution >= 0.6 is 23.1 Å². The average molecular weight is 538 g/mol. The summed E-state index contributed by atoms with van der Waals surface area (Å²) in [6.07, 6.45) is 4.10. The molecule has 0 spiro atoms. The van der Waals surface area contributed by atoms with Gasteiger partial charge in [-0.1, -0.05) is 51.1 Å². The Bertz CT molecular complexity index is 1340. The number of anilines is 1. The lowest BCUT2D eigenvalue weighted by atomic mass is 9.69. The molecule has 1 amide bonds. The molecular weight excluding hydrogens is 502 g/mol. The van der Waals surface area contributed by atoms with Crippen molar-refractivity contribution in [3.8, 4) is 11.8 Å². The number of aryl methyl sites for hydroxylation is 2. The molecule has 1 aromatic carbocycles. The molecule has 9 heteroatoms. The maximum absolute atomic E-state index is 12.8. The SMILES string of the molecule is CCC(C)(C)C1CCc2c(sc(NC(=O)CSc3nnc(COc4cc(C)ccc4C)n3C)c2C#N)C1. The number of nitriles is 1. The highest BCUT2D eigenvalue weighted by molar-refractivity contribution is 7.99. The molecule has 7 nitrogen and oxygen atoms in total. The number of hydrogen-bond donors (Lipinski definition) is 1. The van der Waals surface area contributed by atoms with Gasteiger partial charge < -0.3 is 14.6 Å². The van der Waals surface area contributed by atoms with Gasteiger partial charge >= 0.3 is 0 Å². The van der Waals surface area contributed by atoms with Crippen LogP contribution in [0.15, 0.2) is 23.4 Å². The van der Waals surface area contributed by atoms with Gasteiger partial charge in [0.05, 0.1) is 11.3 Å². The van der Waals surface area contributed by atoms with Crippen LogP contribution in [0.25, 0.3) is 0 Å². The molecule has 2 heterocycles. The normalized spacial score (nSPS) is 15.2. The number of rotatable bonds is 9. The minimum Gasteiger partial charge on any atom is -0.485 e. The second kappa shape index (κ2) is 11.3. The van der Waals surface area contributed by atoms with Crippen molar-refractivity contribution in [1.29, 1.82) is 5.26 Å². The van der Waals surface area contributed by atoms with Crippen LogP contribution in [0.5, 0.6) is 5.75 Å². The Kier molecular flexibility index (Phi) is 8.29. The van der Waals surface area contributed by atoms with Gasteiger partial charge in [-0.25, -0.2) is 0 Å². The van der Waals surface area contributed by atoms with Crippen molar-refractivity contribution < 1.29 is 9.53 Å². The highest BCUT2D eigenvalue weighted by atomic mass is 32.2. The summed E-state index contributed by atoms with van der Waals surface area (Å²) in [6, 6.07) is 8.44. The van der Waals surface area contributed by atoms with Gasteiger partial charge in [0.1, 0.15) is 23.4 Å². The van der Waals surface area contributed by atoms with Crippen LogP contribution in [0.4, 0.5) is 5.00 Å². The quantitative estimate of drug-likeness (QED) is 0.326. The molecule has 1 N–H and O–H groups in total. The minimum absolute atomic E-state index is 0.151. The predicted octanol–water partition coefficient (Wildman–Crippen LogP) is 6.22. The smallest absolute Gasteiger partial charge is 0.235 e. The number of aromatic nitrogens is 3. The summed E-state index contributed by atoms with van der Waals surface area (Å²) in [6.45, 7) is 11.2. The van der Waals surface area contributed by atoms with E-state index in [0.29, 0.717) is 34.1 Å². The number of fused-ring (bicyclic) bond motifs is 1. The molecule has 1 unspecified atom stereocenters. The van der Waals surface area contributed by atoms with E-state index in [1.54, 1.807) is 11.3 Å². The Balaban J connectivity index is 1.36. The molecule has 196 valence electrons. The number of carbonyl (C=O) groups excluding carboxylic acids is 1. The third-order valence-corrected chi connectivity index (χ3v) is 9.79. The number of thiophene rings is 1. The summed E-state index contributed by atoms with van der Waals surface area (Å²) in [5.41, 5.74) is 4.23. The van der Waals surface area contributed by atoms with Crippen LogP contribution in [0.2, 0.25) is 0 Å². The number of carbonyl (C=O) groups is 1.